The highest BCUT2D eigenvalue weighted by molar-refractivity contribution is 5.82. The van der Waals surface area contributed by atoms with Crippen LogP contribution in [0.3, 0.4) is 0 Å². The average Bonchev–Trinajstić information content (AvgIpc) is 2.66. The highest BCUT2D eigenvalue weighted by Gasteiger charge is 2.38. The molecule has 0 N–H and O–H groups in total. The molecule has 0 aliphatic heterocycles. The number of aromatic nitrogens is 2. The van der Waals surface area contributed by atoms with Crippen molar-refractivity contribution < 1.29 is 18.0 Å². The molecule has 0 saturated heterocycles. The van der Waals surface area contributed by atoms with E-state index in [2.05, 4.69) is 11.9 Å². The third-order valence-electron chi connectivity index (χ3n) is 3.44. The maximum Gasteiger partial charge on any atom is 0.473 e. The summed E-state index contributed by atoms with van der Waals surface area (Å²) >= 11 is 0. The summed E-state index contributed by atoms with van der Waals surface area (Å²) in [6.45, 7) is 8.48. The number of nitrogens with zero attached hydrogens (tertiary/aromatic N) is 3. The van der Waals surface area contributed by atoms with E-state index in [-0.39, 0.29) is 10.9 Å². The second-order valence-electron chi connectivity index (χ2n) is 6.41. The fourth-order valence-electron chi connectivity index (χ4n) is 2.31. The van der Waals surface area contributed by atoms with Crippen molar-refractivity contribution in [3.05, 3.63) is 17.2 Å². The van der Waals surface area contributed by atoms with Crippen LogP contribution in [0.5, 0.6) is 0 Å². The molecule has 0 aromatic carbocycles. The number of unbranched alkanes of at least 4 members (excludes halogenated alkanes) is 2. The van der Waals surface area contributed by atoms with Crippen LogP contribution in [0.2, 0.25) is 0 Å². The van der Waals surface area contributed by atoms with E-state index in [0.29, 0.717) is 6.54 Å². The van der Waals surface area contributed by atoms with Gasteiger partial charge < -0.3 is 0 Å². The summed E-state index contributed by atoms with van der Waals surface area (Å²) < 4.78 is 40.8. The smallest absolute Gasteiger partial charge is 0.291 e. The van der Waals surface area contributed by atoms with Crippen molar-refractivity contribution in [1.82, 2.24) is 9.36 Å². The number of carbonyl (C=O) groups is 1. The summed E-state index contributed by atoms with van der Waals surface area (Å²) in [7, 11) is 1.78. The molecule has 0 saturated carbocycles. The largest absolute Gasteiger partial charge is 0.473 e. The topological polar surface area (TPSA) is 39.3 Å². The van der Waals surface area contributed by atoms with Crippen molar-refractivity contribution in [2.45, 2.75) is 65.1 Å². The molecule has 0 spiro atoms. The zero-order chi connectivity index (χ0) is 17.1. The quantitative estimate of drug-likeness (QED) is 0.785. The second kappa shape index (κ2) is 6.71. The summed E-state index contributed by atoms with van der Waals surface area (Å²) in [5, 5.41) is 0. The summed E-state index contributed by atoms with van der Waals surface area (Å²) in [4.78, 5) is 14.5. The van der Waals surface area contributed by atoms with E-state index in [9.17, 15) is 18.0 Å². The first-order valence-electron chi connectivity index (χ1n) is 7.41. The molecule has 1 aromatic rings. The molecular weight excluding hydrogens is 295 g/mol. The minimum Gasteiger partial charge on any atom is -0.291 e. The SMILES string of the molecule is CCCCCn1c(=NC(=O)C(F)(F)F)cc(C(C)(C)C)n1C. The minimum atomic E-state index is -4.95. The zero-order valence-electron chi connectivity index (χ0n) is 13.8. The molecule has 0 aliphatic carbocycles. The van der Waals surface area contributed by atoms with E-state index in [1.807, 2.05) is 20.8 Å². The van der Waals surface area contributed by atoms with Gasteiger partial charge in [0.1, 0.15) is 0 Å². The van der Waals surface area contributed by atoms with E-state index < -0.39 is 12.1 Å². The molecule has 0 bridgehead atoms. The summed E-state index contributed by atoms with van der Waals surface area (Å²) in [5.74, 6) is -2.07. The fourth-order valence-corrected chi connectivity index (χ4v) is 2.31. The van der Waals surface area contributed by atoms with E-state index in [4.69, 9.17) is 0 Å². The van der Waals surface area contributed by atoms with Crippen molar-refractivity contribution in [3.63, 3.8) is 0 Å². The molecule has 7 heteroatoms. The molecule has 0 atom stereocenters. The fraction of sp³-hybridized carbons (Fsp3) is 0.733. The molecule has 0 fully saturated rings. The predicted molar refractivity (Wildman–Crippen MR) is 78.3 cm³/mol. The molecule has 1 rings (SSSR count). The number of halogens is 3. The Hall–Kier alpha value is -1.53. The lowest BCUT2D eigenvalue weighted by Gasteiger charge is -2.20. The zero-order valence-corrected chi connectivity index (χ0v) is 13.8. The van der Waals surface area contributed by atoms with Crippen LogP contribution < -0.4 is 5.49 Å². The predicted octanol–water partition coefficient (Wildman–Crippen LogP) is 3.30. The molecule has 126 valence electrons. The molecule has 1 heterocycles. The highest BCUT2D eigenvalue weighted by Crippen LogP contribution is 2.21. The van der Waals surface area contributed by atoms with E-state index in [1.54, 1.807) is 22.5 Å². The Morgan fingerprint density at radius 2 is 1.82 bits per heavy atom. The van der Waals surface area contributed by atoms with Gasteiger partial charge in [0.15, 0.2) is 5.49 Å². The van der Waals surface area contributed by atoms with Crippen LogP contribution >= 0.6 is 0 Å². The Kier molecular flexibility index (Phi) is 5.65. The first kappa shape index (κ1) is 18.5. The number of alkyl halides is 3. The Morgan fingerprint density at radius 3 is 2.27 bits per heavy atom. The normalized spacial score (nSPS) is 13.7. The van der Waals surface area contributed by atoms with Crippen molar-refractivity contribution >= 4 is 5.91 Å². The number of carbonyl (C=O) groups excluding carboxylic acids is 1. The van der Waals surface area contributed by atoms with Gasteiger partial charge in [-0.3, -0.25) is 14.2 Å². The molecule has 0 aliphatic rings. The monoisotopic (exact) mass is 319 g/mol. The van der Waals surface area contributed by atoms with Gasteiger partial charge in [0.25, 0.3) is 0 Å². The van der Waals surface area contributed by atoms with E-state index in [0.717, 1.165) is 25.0 Å². The van der Waals surface area contributed by atoms with Gasteiger partial charge in [-0.1, -0.05) is 40.5 Å². The molecule has 22 heavy (non-hydrogen) atoms. The van der Waals surface area contributed by atoms with Crippen LogP contribution in [-0.4, -0.2) is 21.4 Å². The lowest BCUT2D eigenvalue weighted by Crippen LogP contribution is -2.28. The number of rotatable bonds is 4. The van der Waals surface area contributed by atoms with Crippen LogP contribution in [0.1, 0.15) is 52.7 Å². The van der Waals surface area contributed by atoms with Gasteiger partial charge in [-0.25, -0.2) is 0 Å². The third kappa shape index (κ3) is 4.48. The number of hydrogen-bond donors (Lipinski definition) is 0. The molecule has 0 radical (unpaired) electrons. The van der Waals surface area contributed by atoms with Crippen molar-refractivity contribution in [2.24, 2.45) is 12.0 Å². The molecule has 1 aromatic heterocycles. The van der Waals surface area contributed by atoms with Gasteiger partial charge in [0.2, 0.25) is 0 Å². The summed E-state index contributed by atoms with van der Waals surface area (Å²) in [6, 6.07) is 1.57. The van der Waals surface area contributed by atoms with Crippen molar-refractivity contribution in [2.75, 3.05) is 0 Å². The molecule has 1 amide bonds. The van der Waals surface area contributed by atoms with E-state index >= 15 is 0 Å². The first-order chi connectivity index (χ1) is 9.98. The third-order valence-corrected chi connectivity index (χ3v) is 3.44. The van der Waals surface area contributed by atoms with E-state index in [1.165, 1.54) is 0 Å². The van der Waals surface area contributed by atoms with Crippen molar-refractivity contribution in [1.29, 1.82) is 0 Å². The van der Waals surface area contributed by atoms with Crippen molar-refractivity contribution in [3.8, 4) is 0 Å². The first-order valence-corrected chi connectivity index (χ1v) is 7.41. The van der Waals surface area contributed by atoms with Crippen LogP contribution in [0.25, 0.3) is 0 Å². The lowest BCUT2D eigenvalue weighted by molar-refractivity contribution is -0.169. The number of hydrogen-bond acceptors (Lipinski definition) is 1. The van der Waals surface area contributed by atoms with Gasteiger partial charge in [0, 0.05) is 30.8 Å². The maximum absolute atomic E-state index is 12.5. The van der Waals surface area contributed by atoms with Gasteiger partial charge in [-0.05, 0) is 6.42 Å². The van der Waals surface area contributed by atoms with Gasteiger partial charge in [-0.15, -0.1) is 0 Å². The molecule has 0 unspecified atom stereocenters. The second-order valence-corrected chi connectivity index (χ2v) is 6.41. The molecular formula is C15H24F3N3O. The van der Waals surface area contributed by atoms with Crippen LogP contribution in [0.15, 0.2) is 11.1 Å². The van der Waals surface area contributed by atoms with Gasteiger partial charge in [0.05, 0.1) is 0 Å². The number of amides is 1. The Balaban J connectivity index is 3.35. The van der Waals surface area contributed by atoms with Crippen LogP contribution in [0.4, 0.5) is 13.2 Å². The van der Waals surface area contributed by atoms with Crippen LogP contribution in [-0.2, 0) is 23.8 Å². The Labute approximate surface area is 128 Å². The molecule has 4 nitrogen and oxygen atoms in total. The Bertz CT molecular complexity index is 589. The lowest BCUT2D eigenvalue weighted by atomic mass is 9.92. The van der Waals surface area contributed by atoms with Crippen LogP contribution in [0, 0.1) is 0 Å². The summed E-state index contributed by atoms with van der Waals surface area (Å²) in [6.07, 6.45) is -2.15. The Morgan fingerprint density at radius 1 is 1.23 bits per heavy atom. The van der Waals surface area contributed by atoms with Gasteiger partial charge in [-0.2, -0.15) is 18.2 Å². The minimum absolute atomic E-state index is 0.0610. The summed E-state index contributed by atoms with van der Waals surface area (Å²) in [5.41, 5.74) is 0.639. The average molecular weight is 319 g/mol. The maximum atomic E-state index is 12.5. The van der Waals surface area contributed by atoms with Gasteiger partial charge >= 0.3 is 12.1 Å². The standard InChI is InChI=1S/C15H24F3N3O/c1-6-7-8-9-21-12(19-13(22)15(16,17)18)10-11(20(21)5)14(2,3)4/h10H,6-9H2,1-5H3. The highest BCUT2D eigenvalue weighted by atomic mass is 19.4.